The molecule has 7 heteroatoms. The monoisotopic (exact) mass is 349 g/mol. The number of benzene rings is 1. The molecule has 1 atom stereocenters. The molecule has 0 bridgehead atoms. The number of hydrogen-bond donors (Lipinski definition) is 1. The molecule has 0 aromatic heterocycles. The number of methoxy groups -OCH3 is 2. The number of likely N-dealkylation sites (tertiary alicyclic amines) is 1. The van der Waals surface area contributed by atoms with Crippen molar-refractivity contribution < 1.29 is 19.1 Å². The van der Waals surface area contributed by atoms with Crippen LogP contribution in [0.5, 0.6) is 0 Å². The van der Waals surface area contributed by atoms with E-state index in [1.807, 2.05) is 30.3 Å². The molecular weight excluding hydrogens is 322 g/mol. The van der Waals surface area contributed by atoms with Gasteiger partial charge in [-0.3, -0.25) is 4.79 Å². The number of hydrogen-bond acceptors (Lipinski definition) is 4. The van der Waals surface area contributed by atoms with Crippen LogP contribution in [0.3, 0.4) is 0 Å². The number of amides is 3. The molecule has 7 nitrogen and oxygen atoms in total. The maximum atomic E-state index is 12.5. The molecule has 1 aromatic carbocycles. The maximum absolute atomic E-state index is 12.5. The van der Waals surface area contributed by atoms with Crippen molar-refractivity contribution >= 4 is 11.9 Å². The minimum Gasteiger partial charge on any atom is -0.383 e. The number of urea groups is 1. The Morgan fingerprint density at radius 2 is 1.84 bits per heavy atom. The molecule has 0 spiro atoms. The molecule has 3 amide bonds. The Balaban J connectivity index is 1.86. The number of ether oxygens (including phenoxy) is 2. The normalized spacial score (nSPS) is 17.0. The van der Waals surface area contributed by atoms with Gasteiger partial charge in [-0.25, -0.2) is 4.79 Å². The summed E-state index contributed by atoms with van der Waals surface area (Å²) in [6.45, 7) is 2.99. The van der Waals surface area contributed by atoms with Gasteiger partial charge < -0.3 is 24.6 Å². The van der Waals surface area contributed by atoms with E-state index >= 15 is 0 Å². The van der Waals surface area contributed by atoms with Crippen LogP contribution in [0.4, 0.5) is 4.79 Å². The van der Waals surface area contributed by atoms with Crippen LogP contribution < -0.4 is 5.32 Å². The van der Waals surface area contributed by atoms with Crippen LogP contribution in [0, 0.1) is 0 Å². The van der Waals surface area contributed by atoms with Gasteiger partial charge >= 0.3 is 6.03 Å². The molecule has 1 unspecified atom stereocenters. The van der Waals surface area contributed by atoms with E-state index in [2.05, 4.69) is 5.32 Å². The molecule has 1 saturated heterocycles. The van der Waals surface area contributed by atoms with Gasteiger partial charge in [0.25, 0.3) is 0 Å². The fourth-order valence-corrected chi connectivity index (χ4v) is 2.81. The van der Waals surface area contributed by atoms with E-state index in [0.29, 0.717) is 45.8 Å². The summed E-state index contributed by atoms with van der Waals surface area (Å²) in [5.41, 5.74) is 1.09. The van der Waals surface area contributed by atoms with Crippen LogP contribution in [-0.4, -0.2) is 74.8 Å². The summed E-state index contributed by atoms with van der Waals surface area (Å²) in [6, 6.07) is 9.50. The zero-order chi connectivity index (χ0) is 18.1. The Bertz CT molecular complexity index is 545. The first-order valence-electron chi connectivity index (χ1n) is 8.49. The topological polar surface area (TPSA) is 71.1 Å². The number of nitrogens with zero attached hydrogens (tertiary/aromatic N) is 2. The molecule has 0 saturated carbocycles. The lowest BCUT2D eigenvalue weighted by Gasteiger charge is -2.24. The summed E-state index contributed by atoms with van der Waals surface area (Å²) < 4.78 is 10.1. The fourth-order valence-electron chi connectivity index (χ4n) is 2.81. The van der Waals surface area contributed by atoms with Crippen LogP contribution in [-0.2, 0) is 20.8 Å². The predicted molar refractivity (Wildman–Crippen MR) is 94.1 cm³/mol. The Kier molecular flexibility index (Phi) is 7.69. The summed E-state index contributed by atoms with van der Waals surface area (Å²) in [6.07, 6.45) is 0.334. The zero-order valence-electron chi connectivity index (χ0n) is 14.9. The van der Waals surface area contributed by atoms with Crippen LogP contribution in [0.1, 0.15) is 12.0 Å². The van der Waals surface area contributed by atoms with Crippen LogP contribution in [0.2, 0.25) is 0 Å². The second-order valence-electron chi connectivity index (χ2n) is 6.08. The second-order valence-corrected chi connectivity index (χ2v) is 6.08. The molecule has 1 aliphatic rings. The average Bonchev–Trinajstić information content (AvgIpc) is 2.95. The lowest BCUT2D eigenvalue weighted by Crippen LogP contribution is -2.47. The third kappa shape index (κ3) is 6.03. The van der Waals surface area contributed by atoms with Crippen LogP contribution in [0.15, 0.2) is 30.3 Å². The highest BCUT2D eigenvalue weighted by Crippen LogP contribution is 2.15. The second kappa shape index (κ2) is 10.0. The third-order valence-electron chi connectivity index (χ3n) is 4.18. The first kappa shape index (κ1) is 19.2. The number of carbonyl (C=O) groups excluding carboxylic acids is 2. The standard InChI is InChI=1S/C18H27N3O4/c1-24-10-8-20(9-11-25-2)18(23)19-16-12-17(22)21(14-16)13-15-6-4-3-5-7-15/h3-7,16H,8-14H2,1-2H3,(H,19,23). The molecule has 1 fully saturated rings. The summed E-state index contributed by atoms with van der Waals surface area (Å²) >= 11 is 0. The van der Waals surface area contributed by atoms with Gasteiger partial charge in [-0.2, -0.15) is 0 Å². The summed E-state index contributed by atoms with van der Waals surface area (Å²) in [7, 11) is 3.20. The van der Waals surface area contributed by atoms with Crippen molar-refractivity contribution in [1.29, 1.82) is 0 Å². The fraction of sp³-hybridized carbons (Fsp3) is 0.556. The largest absolute Gasteiger partial charge is 0.383 e. The zero-order valence-corrected chi connectivity index (χ0v) is 14.9. The molecular formula is C18H27N3O4. The smallest absolute Gasteiger partial charge is 0.317 e. The highest BCUT2D eigenvalue weighted by Gasteiger charge is 2.31. The van der Waals surface area contributed by atoms with Gasteiger partial charge in [-0.05, 0) is 5.56 Å². The SMILES string of the molecule is COCCN(CCOC)C(=O)NC1CC(=O)N(Cc2ccccc2)C1. The first-order chi connectivity index (χ1) is 12.1. The van der Waals surface area contributed by atoms with E-state index in [9.17, 15) is 9.59 Å². The van der Waals surface area contributed by atoms with Gasteiger partial charge in [0, 0.05) is 46.8 Å². The highest BCUT2D eigenvalue weighted by atomic mass is 16.5. The quantitative estimate of drug-likeness (QED) is 0.724. The molecule has 138 valence electrons. The Hall–Kier alpha value is -2.12. The van der Waals surface area contributed by atoms with Gasteiger partial charge in [0.05, 0.1) is 19.3 Å². The molecule has 1 aromatic rings. The van der Waals surface area contributed by atoms with Crippen molar-refractivity contribution in [2.24, 2.45) is 0 Å². The Morgan fingerprint density at radius 3 is 2.44 bits per heavy atom. The minimum atomic E-state index is -0.187. The number of nitrogens with one attached hydrogen (secondary N) is 1. The van der Waals surface area contributed by atoms with Crippen LogP contribution >= 0.6 is 0 Å². The molecule has 1 N–H and O–H groups in total. The van der Waals surface area contributed by atoms with Crippen molar-refractivity contribution in [1.82, 2.24) is 15.1 Å². The van der Waals surface area contributed by atoms with E-state index in [1.54, 1.807) is 24.0 Å². The highest BCUT2D eigenvalue weighted by molar-refractivity contribution is 5.81. The van der Waals surface area contributed by atoms with Crippen molar-refractivity contribution in [2.45, 2.75) is 19.0 Å². The van der Waals surface area contributed by atoms with Gasteiger partial charge in [-0.1, -0.05) is 30.3 Å². The van der Waals surface area contributed by atoms with E-state index in [1.165, 1.54) is 0 Å². The van der Waals surface area contributed by atoms with Gasteiger partial charge in [0.2, 0.25) is 5.91 Å². The maximum Gasteiger partial charge on any atom is 0.317 e. The van der Waals surface area contributed by atoms with E-state index in [-0.39, 0.29) is 18.0 Å². The Labute approximate surface area is 148 Å². The van der Waals surface area contributed by atoms with Crippen molar-refractivity contribution in [3.63, 3.8) is 0 Å². The van der Waals surface area contributed by atoms with E-state index in [4.69, 9.17) is 9.47 Å². The van der Waals surface area contributed by atoms with Crippen molar-refractivity contribution in [3.8, 4) is 0 Å². The summed E-state index contributed by atoms with van der Waals surface area (Å²) in [4.78, 5) is 28.1. The van der Waals surface area contributed by atoms with Gasteiger partial charge in [-0.15, -0.1) is 0 Å². The van der Waals surface area contributed by atoms with E-state index < -0.39 is 0 Å². The van der Waals surface area contributed by atoms with Crippen molar-refractivity contribution in [3.05, 3.63) is 35.9 Å². The number of carbonyl (C=O) groups is 2. The van der Waals surface area contributed by atoms with Gasteiger partial charge in [0.15, 0.2) is 0 Å². The minimum absolute atomic E-state index is 0.0643. The number of rotatable bonds is 9. The van der Waals surface area contributed by atoms with Gasteiger partial charge in [0.1, 0.15) is 0 Å². The first-order valence-corrected chi connectivity index (χ1v) is 8.49. The molecule has 0 radical (unpaired) electrons. The lowest BCUT2D eigenvalue weighted by molar-refractivity contribution is -0.128. The molecule has 25 heavy (non-hydrogen) atoms. The van der Waals surface area contributed by atoms with E-state index in [0.717, 1.165) is 5.56 Å². The molecule has 1 aliphatic heterocycles. The Morgan fingerprint density at radius 1 is 1.20 bits per heavy atom. The molecule has 2 rings (SSSR count). The van der Waals surface area contributed by atoms with Crippen LogP contribution in [0.25, 0.3) is 0 Å². The summed E-state index contributed by atoms with van der Waals surface area (Å²) in [5.74, 6) is 0.0643. The predicted octanol–water partition coefficient (Wildman–Crippen LogP) is 1.09. The summed E-state index contributed by atoms with van der Waals surface area (Å²) in [5, 5.41) is 2.96. The average molecular weight is 349 g/mol. The molecule has 1 heterocycles. The van der Waals surface area contributed by atoms with Crippen molar-refractivity contribution in [2.75, 3.05) is 47.1 Å². The molecule has 0 aliphatic carbocycles. The lowest BCUT2D eigenvalue weighted by atomic mass is 10.2. The third-order valence-corrected chi connectivity index (χ3v) is 4.18.